The van der Waals surface area contributed by atoms with Crippen molar-refractivity contribution in [1.29, 1.82) is 0 Å². The monoisotopic (exact) mass is 402 g/mol. The standard InChI is InChI=1S/C21H21F3N4O/c1-27(2)11-10-25-19(29)9-8-15-12-16(21(22,23)24)13-18-20(15)28(14-26-18)17-6-4-3-5-7-17/h3-9,12-14H,10-11H2,1-2H3,(H,25,29)/b9-8-. The summed E-state index contributed by atoms with van der Waals surface area (Å²) in [4.78, 5) is 18.1. The molecule has 1 amide bonds. The lowest BCUT2D eigenvalue weighted by Gasteiger charge is -2.11. The first-order valence-electron chi connectivity index (χ1n) is 9.00. The summed E-state index contributed by atoms with van der Waals surface area (Å²) in [6.45, 7) is 1.10. The van der Waals surface area contributed by atoms with Gasteiger partial charge in [0.1, 0.15) is 6.33 Å². The number of carbonyl (C=O) groups is 1. The first-order chi connectivity index (χ1) is 13.8. The summed E-state index contributed by atoms with van der Waals surface area (Å²) in [7, 11) is 3.76. The van der Waals surface area contributed by atoms with Gasteiger partial charge in [-0.2, -0.15) is 13.2 Å². The number of fused-ring (bicyclic) bond motifs is 1. The molecule has 0 atom stereocenters. The van der Waals surface area contributed by atoms with Gasteiger partial charge in [-0.1, -0.05) is 18.2 Å². The first kappa shape index (κ1) is 20.6. The summed E-state index contributed by atoms with van der Waals surface area (Å²) in [5.41, 5.74) is 0.924. The molecule has 0 aliphatic carbocycles. The van der Waals surface area contributed by atoms with Crippen molar-refractivity contribution in [3.8, 4) is 5.69 Å². The number of nitrogens with one attached hydrogen (secondary N) is 1. The highest BCUT2D eigenvalue weighted by atomic mass is 19.4. The molecule has 152 valence electrons. The number of alkyl halides is 3. The maximum atomic E-state index is 13.3. The fraction of sp³-hybridized carbons (Fsp3) is 0.238. The molecule has 0 saturated carbocycles. The van der Waals surface area contributed by atoms with Crippen LogP contribution in [0.4, 0.5) is 13.2 Å². The molecule has 0 unspecified atom stereocenters. The highest BCUT2D eigenvalue weighted by molar-refractivity contribution is 5.95. The van der Waals surface area contributed by atoms with E-state index in [4.69, 9.17) is 0 Å². The number of imidazole rings is 1. The number of hydrogen-bond donors (Lipinski definition) is 1. The van der Waals surface area contributed by atoms with Crippen molar-refractivity contribution in [2.45, 2.75) is 6.18 Å². The Labute approximate surface area is 166 Å². The van der Waals surface area contributed by atoms with Gasteiger partial charge in [0.05, 0.1) is 16.6 Å². The SMILES string of the molecule is CN(C)CCNC(=O)/C=C\c1cc(C(F)(F)F)cc2ncn(-c3ccccc3)c12. The van der Waals surface area contributed by atoms with E-state index < -0.39 is 11.7 Å². The van der Waals surface area contributed by atoms with Gasteiger partial charge in [-0.15, -0.1) is 0 Å². The van der Waals surface area contributed by atoms with Gasteiger partial charge in [0.25, 0.3) is 0 Å². The number of nitrogens with zero attached hydrogens (tertiary/aromatic N) is 3. The third-order valence-electron chi connectivity index (χ3n) is 4.31. The molecule has 29 heavy (non-hydrogen) atoms. The number of hydrogen-bond acceptors (Lipinski definition) is 3. The van der Waals surface area contributed by atoms with Crippen LogP contribution in [0.5, 0.6) is 0 Å². The van der Waals surface area contributed by atoms with Crippen LogP contribution in [0.25, 0.3) is 22.8 Å². The van der Waals surface area contributed by atoms with Crippen LogP contribution < -0.4 is 5.32 Å². The number of rotatable bonds is 6. The Morgan fingerprint density at radius 2 is 1.93 bits per heavy atom. The topological polar surface area (TPSA) is 50.2 Å². The largest absolute Gasteiger partial charge is 0.416 e. The fourth-order valence-corrected chi connectivity index (χ4v) is 2.88. The molecule has 1 heterocycles. The van der Waals surface area contributed by atoms with Crippen molar-refractivity contribution in [2.24, 2.45) is 0 Å². The Hall–Kier alpha value is -3.13. The van der Waals surface area contributed by atoms with E-state index in [0.29, 0.717) is 18.6 Å². The molecule has 3 aromatic rings. The molecule has 5 nitrogen and oxygen atoms in total. The molecular weight excluding hydrogens is 381 g/mol. The van der Waals surface area contributed by atoms with E-state index in [0.717, 1.165) is 17.8 Å². The molecule has 1 N–H and O–H groups in total. The van der Waals surface area contributed by atoms with Gasteiger partial charge in [0.15, 0.2) is 0 Å². The van der Waals surface area contributed by atoms with Crippen molar-refractivity contribution >= 4 is 23.0 Å². The lowest BCUT2D eigenvalue weighted by molar-refractivity contribution is -0.137. The van der Waals surface area contributed by atoms with Gasteiger partial charge in [-0.3, -0.25) is 9.36 Å². The number of carbonyl (C=O) groups excluding carboxylic acids is 1. The summed E-state index contributed by atoms with van der Waals surface area (Å²) < 4.78 is 41.7. The molecular formula is C21H21F3N4O. The minimum absolute atomic E-state index is 0.205. The molecule has 0 saturated heterocycles. The van der Waals surface area contributed by atoms with Crippen LogP contribution in [-0.2, 0) is 11.0 Å². The van der Waals surface area contributed by atoms with Crippen molar-refractivity contribution in [3.05, 3.63) is 66.0 Å². The van der Waals surface area contributed by atoms with Gasteiger partial charge >= 0.3 is 6.18 Å². The molecule has 3 rings (SSSR count). The van der Waals surface area contributed by atoms with Crippen LogP contribution in [0.3, 0.4) is 0 Å². The molecule has 0 aliphatic rings. The second kappa shape index (κ2) is 8.48. The third-order valence-corrected chi connectivity index (χ3v) is 4.31. The summed E-state index contributed by atoms with van der Waals surface area (Å²) in [6, 6.07) is 11.2. The Balaban J connectivity index is 2.02. The minimum Gasteiger partial charge on any atom is -0.351 e. The molecule has 8 heteroatoms. The molecule has 0 bridgehead atoms. The first-order valence-corrected chi connectivity index (χ1v) is 9.00. The van der Waals surface area contributed by atoms with Crippen LogP contribution in [0, 0.1) is 0 Å². The Bertz CT molecular complexity index is 1020. The van der Waals surface area contributed by atoms with Crippen molar-refractivity contribution in [1.82, 2.24) is 19.8 Å². The quantitative estimate of drug-likeness (QED) is 0.639. The minimum atomic E-state index is -4.51. The zero-order chi connectivity index (χ0) is 21.0. The fourth-order valence-electron chi connectivity index (χ4n) is 2.88. The second-order valence-corrected chi connectivity index (χ2v) is 6.81. The van der Waals surface area contributed by atoms with Crippen LogP contribution in [0.2, 0.25) is 0 Å². The van der Waals surface area contributed by atoms with Gasteiger partial charge < -0.3 is 10.2 Å². The highest BCUT2D eigenvalue weighted by Gasteiger charge is 2.32. The predicted molar refractivity (Wildman–Crippen MR) is 107 cm³/mol. The molecule has 0 radical (unpaired) electrons. The smallest absolute Gasteiger partial charge is 0.351 e. The maximum absolute atomic E-state index is 13.3. The van der Waals surface area contributed by atoms with E-state index in [1.54, 1.807) is 4.57 Å². The number of amides is 1. The normalized spacial score (nSPS) is 12.2. The number of likely N-dealkylation sites (N-methyl/N-ethyl adjacent to an activating group) is 1. The zero-order valence-electron chi connectivity index (χ0n) is 16.1. The predicted octanol–water partition coefficient (Wildman–Crippen LogP) is 3.74. The molecule has 0 aliphatic heterocycles. The maximum Gasteiger partial charge on any atom is 0.416 e. The van der Waals surface area contributed by atoms with E-state index in [9.17, 15) is 18.0 Å². The van der Waals surface area contributed by atoms with Gasteiger partial charge in [-0.25, -0.2) is 4.98 Å². The summed E-state index contributed by atoms with van der Waals surface area (Å²) in [5.74, 6) is -0.372. The Morgan fingerprint density at radius 3 is 2.59 bits per heavy atom. The lowest BCUT2D eigenvalue weighted by atomic mass is 10.1. The molecule has 0 spiro atoms. The summed E-state index contributed by atoms with van der Waals surface area (Å²) in [6.07, 6.45) is -0.396. The van der Waals surface area contributed by atoms with Crippen molar-refractivity contribution in [3.63, 3.8) is 0 Å². The van der Waals surface area contributed by atoms with Crippen LogP contribution >= 0.6 is 0 Å². The van der Waals surface area contributed by atoms with Crippen LogP contribution in [-0.4, -0.2) is 47.5 Å². The number of halogens is 3. The lowest BCUT2D eigenvalue weighted by Crippen LogP contribution is -2.30. The van der Waals surface area contributed by atoms with E-state index >= 15 is 0 Å². The van der Waals surface area contributed by atoms with E-state index in [1.807, 2.05) is 49.3 Å². The number of para-hydroxylation sites is 1. The van der Waals surface area contributed by atoms with Gasteiger partial charge in [0, 0.05) is 30.4 Å². The van der Waals surface area contributed by atoms with E-state index in [1.165, 1.54) is 18.5 Å². The average molecular weight is 402 g/mol. The Morgan fingerprint density at radius 1 is 1.21 bits per heavy atom. The molecule has 2 aromatic carbocycles. The molecule has 0 fully saturated rings. The number of benzene rings is 2. The van der Waals surface area contributed by atoms with Crippen LogP contribution in [0.15, 0.2) is 54.9 Å². The zero-order valence-corrected chi connectivity index (χ0v) is 16.1. The third kappa shape index (κ3) is 5.03. The summed E-state index contributed by atoms with van der Waals surface area (Å²) in [5, 5.41) is 2.71. The molecule has 1 aromatic heterocycles. The Kier molecular flexibility index (Phi) is 6.03. The van der Waals surface area contributed by atoms with Gasteiger partial charge in [0.2, 0.25) is 5.91 Å². The van der Waals surface area contributed by atoms with E-state index in [2.05, 4.69) is 10.3 Å². The van der Waals surface area contributed by atoms with E-state index in [-0.39, 0.29) is 17.0 Å². The van der Waals surface area contributed by atoms with Crippen molar-refractivity contribution in [2.75, 3.05) is 27.2 Å². The van der Waals surface area contributed by atoms with Crippen molar-refractivity contribution < 1.29 is 18.0 Å². The van der Waals surface area contributed by atoms with Gasteiger partial charge in [-0.05, 0) is 44.4 Å². The summed E-state index contributed by atoms with van der Waals surface area (Å²) >= 11 is 0. The number of aromatic nitrogens is 2. The van der Waals surface area contributed by atoms with Crippen LogP contribution in [0.1, 0.15) is 11.1 Å². The average Bonchev–Trinajstić information content (AvgIpc) is 3.10. The highest BCUT2D eigenvalue weighted by Crippen LogP contribution is 2.34. The second-order valence-electron chi connectivity index (χ2n) is 6.81.